The Morgan fingerprint density at radius 1 is 1.59 bits per heavy atom. The van der Waals surface area contributed by atoms with Crippen LogP contribution in [0, 0.1) is 0 Å². The molecule has 0 amide bonds. The molecule has 0 spiro atoms. The molecule has 1 unspecified atom stereocenters. The van der Waals surface area contributed by atoms with E-state index in [1.54, 1.807) is 6.07 Å². The zero-order chi connectivity index (χ0) is 12.8. The van der Waals surface area contributed by atoms with Gasteiger partial charge in [0, 0.05) is 12.7 Å². The molecule has 1 aromatic heterocycles. The van der Waals surface area contributed by atoms with Crippen molar-refractivity contribution in [2.24, 2.45) is 0 Å². The maximum absolute atomic E-state index is 11.2. The van der Waals surface area contributed by atoms with Crippen LogP contribution in [0.3, 0.4) is 0 Å². The molecule has 0 saturated heterocycles. The van der Waals surface area contributed by atoms with Crippen LogP contribution in [0.4, 0.5) is 0 Å². The van der Waals surface area contributed by atoms with Crippen molar-refractivity contribution in [3.63, 3.8) is 0 Å². The van der Waals surface area contributed by atoms with Crippen molar-refractivity contribution in [2.45, 2.75) is 19.5 Å². The van der Waals surface area contributed by atoms with Crippen molar-refractivity contribution in [1.29, 1.82) is 0 Å². The average molecular weight is 238 g/mol. The summed E-state index contributed by atoms with van der Waals surface area (Å²) in [6.07, 6.45) is 1.48. The number of carboxylic acid groups (broad SMARTS) is 1. The molecule has 17 heavy (non-hydrogen) atoms. The van der Waals surface area contributed by atoms with E-state index >= 15 is 0 Å². The van der Waals surface area contributed by atoms with Crippen LogP contribution in [0.15, 0.2) is 18.3 Å². The molecule has 0 aromatic carbocycles. The Morgan fingerprint density at radius 2 is 2.29 bits per heavy atom. The van der Waals surface area contributed by atoms with Gasteiger partial charge in [-0.3, -0.25) is 15.1 Å². The number of ether oxygens (including phenoxy) is 1. The monoisotopic (exact) mass is 238 g/mol. The van der Waals surface area contributed by atoms with E-state index in [1.807, 2.05) is 0 Å². The first-order valence-electron chi connectivity index (χ1n) is 5.04. The van der Waals surface area contributed by atoms with Crippen LogP contribution in [0.25, 0.3) is 0 Å². The Labute approximate surface area is 98.6 Å². The molecule has 1 aromatic rings. The lowest BCUT2D eigenvalue weighted by molar-refractivity contribution is -0.139. The van der Waals surface area contributed by atoms with Crippen molar-refractivity contribution < 1.29 is 19.4 Å². The molecule has 2 N–H and O–H groups in total. The first-order chi connectivity index (χ1) is 8.04. The Kier molecular flexibility index (Phi) is 4.59. The smallest absolute Gasteiger partial charge is 0.337 e. The highest BCUT2D eigenvalue weighted by molar-refractivity contribution is 5.89. The van der Waals surface area contributed by atoms with Crippen LogP contribution < -0.4 is 5.32 Å². The van der Waals surface area contributed by atoms with Crippen LogP contribution in [0.2, 0.25) is 0 Å². The molecule has 6 nitrogen and oxygen atoms in total. The van der Waals surface area contributed by atoms with E-state index in [0.29, 0.717) is 11.3 Å². The Hall–Kier alpha value is -1.95. The lowest BCUT2D eigenvalue weighted by Crippen LogP contribution is -2.33. The minimum absolute atomic E-state index is 0.276. The minimum atomic E-state index is -0.936. The molecule has 6 heteroatoms. The number of pyridine rings is 1. The molecular formula is C11H14N2O4. The van der Waals surface area contributed by atoms with E-state index in [-0.39, 0.29) is 6.54 Å². The topological polar surface area (TPSA) is 88.5 Å². The van der Waals surface area contributed by atoms with Gasteiger partial charge in [0.05, 0.1) is 18.4 Å². The number of hydrogen-bond donors (Lipinski definition) is 2. The molecule has 0 radical (unpaired) electrons. The zero-order valence-electron chi connectivity index (χ0n) is 9.64. The van der Waals surface area contributed by atoms with Crippen LogP contribution in [-0.2, 0) is 16.1 Å². The quantitative estimate of drug-likeness (QED) is 0.723. The minimum Gasteiger partial charge on any atom is -0.480 e. The largest absolute Gasteiger partial charge is 0.480 e. The number of nitrogens with one attached hydrogen (secondary N) is 1. The van der Waals surface area contributed by atoms with Gasteiger partial charge in [-0.2, -0.15) is 0 Å². The molecule has 0 aliphatic carbocycles. The first kappa shape index (κ1) is 13.1. The number of aromatic nitrogens is 1. The number of aliphatic carboxylic acids is 1. The van der Waals surface area contributed by atoms with Gasteiger partial charge in [-0.05, 0) is 19.1 Å². The summed E-state index contributed by atoms with van der Waals surface area (Å²) < 4.78 is 4.57. The van der Waals surface area contributed by atoms with Crippen LogP contribution in [0.5, 0.6) is 0 Å². The summed E-state index contributed by atoms with van der Waals surface area (Å²) in [5, 5.41) is 11.5. The molecule has 0 saturated carbocycles. The predicted octanol–water partition coefficient (Wildman–Crippen LogP) is 0.431. The number of carbonyl (C=O) groups is 2. The van der Waals surface area contributed by atoms with Crippen molar-refractivity contribution >= 4 is 11.9 Å². The zero-order valence-corrected chi connectivity index (χ0v) is 9.64. The standard InChI is InChI=1S/C11H14N2O4/c1-7(10(14)15)13-6-9-5-8(3-4-12-9)11(16)17-2/h3-5,7,13H,6H2,1-2H3,(H,14,15). The maximum Gasteiger partial charge on any atom is 0.337 e. The molecular weight excluding hydrogens is 224 g/mol. The van der Waals surface area contributed by atoms with Gasteiger partial charge in [-0.25, -0.2) is 4.79 Å². The molecule has 0 aliphatic rings. The van der Waals surface area contributed by atoms with Gasteiger partial charge in [0.25, 0.3) is 0 Å². The average Bonchev–Trinajstić information content (AvgIpc) is 2.35. The Balaban J connectivity index is 2.66. The van der Waals surface area contributed by atoms with Gasteiger partial charge in [0.1, 0.15) is 6.04 Å². The summed E-state index contributed by atoms with van der Waals surface area (Å²) >= 11 is 0. The summed E-state index contributed by atoms with van der Waals surface area (Å²) in [5.74, 6) is -1.38. The summed E-state index contributed by atoms with van der Waals surface area (Å²) in [5.41, 5.74) is 0.975. The number of hydrogen-bond acceptors (Lipinski definition) is 5. The maximum atomic E-state index is 11.2. The number of rotatable bonds is 5. The highest BCUT2D eigenvalue weighted by atomic mass is 16.5. The van der Waals surface area contributed by atoms with E-state index in [4.69, 9.17) is 5.11 Å². The van der Waals surface area contributed by atoms with Crippen LogP contribution in [-0.4, -0.2) is 35.2 Å². The molecule has 92 valence electrons. The van der Waals surface area contributed by atoms with E-state index in [2.05, 4.69) is 15.0 Å². The van der Waals surface area contributed by atoms with E-state index in [1.165, 1.54) is 26.3 Å². The molecule has 0 aliphatic heterocycles. The van der Waals surface area contributed by atoms with E-state index in [9.17, 15) is 9.59 Å². The van der Waals surface area contributed by atoms with Gasteiger partial charge < -0.3 is 9.84 Å². The fraction of sp³-hybridized carbons (Fsp3) is 0.364. The number of carboxylic acids is 1. The summed E-state index contributed by atoms with van der Waals surface area (Å²) in [4.78, 5) is 25.9. The molecule has 0 fully saturated rings. The van der Waals surface area contributed by atoms with Crippen LogP contribution >= 0.6 is 0 Å². The van der Waals surface area contributed by atoms with Gasteiger partial charge in [-0.15, -0.1) is 0 Å². The second-order valence-corrected chi connectivity index (χ2v) is 3.47. The summed E-state index contributed by atoms with van der Waals surface area (Å²) in [6.45, 7) is 1.81. The highest BCUT2D eigenvalue weighted by Crippen LogP contribution is 2.03. The third-order valence-corrected chi connectivity index (χ3v) is 2.20. The first-order valence-corrected chi connectivity index (χ1v) is 5.04. The van der Waals surface area contributed by atoms with Crippen molar-refractivity contribution in [2.75, 3.05) is 7.11 Å². The molecule has 1 heterocycles. The molecule has 1 atom stereocenters. The van der Waals surface area contributed by atoms with Gasteiger partial charge in [0.15, 0.2) is 0 Å². The predicted molar refractivity (Wildman–Crippen MR) is 59.5 cm³/mol. The highest BCUT2D eigenvalue weighted by Gasteiger charge is 2.11. The normalized spacial score (nSPS) is 11.9. The van der Waals surface area contributed by atoms with Gasteiger partial charge in [0.2, 0.25) is 0 Å². The van der Waals surface area contributed by atoms with E-state index < -0.39 is 18.0 Å². The Bertz CT molecular complexity index is 420. The third-order valence-electron chi connectivity index (χ3n) is 2.20. The van der Waals surface area contributed by atoms with Gasteiger partial charge in [-0.1, -0.05) is 0 Å². The lowest BCUT2D eigenvalue weighted by Gasteiger charge is -2.08. The number of nitrogens with zero attached hydrogens (tertiary/aromatic N) is 1. The second-order valence-electron chi connectivity index (χ2n) is 3.47. The second kappa shape index (κ2) is 5.95. The number of esters is 1. The molecule has 1 rings (SSSR count). The fourth-order valence-corrected chi connectivity index (χ4v) is 1.16. The molecule has 0 bridgehead atoms. The fourth-order valence-electron chi connectivity index (χ4n) is 1.16. The summed E-state index contributed by atoms with van der Waals surface area (Å²) in [6, 6.07) is 2.43. The SMILES string of the molecule is COC(=O)c1ccnc(CNC(C)C(=O)O)c1. The summed E-state index contributed by atoms with van der Waals surface area (Å²) in [7, 11) is 1.30. The lowest BCUT2D eigenvalue weighted by atomic mass is 10.2. The van der Waals surface area contributed by atoms with Gasteiger partial charge >= 0.3 is 11.9 Å². The third kappa shape index (κ3) is 3.84. The van der Waals surface area contributed by atoms with Crippen LogP contribution in [0.1, 0.15) is 23.0 Å². The Morgan fingerprint density at radius 3 is 2.88 bits per heavy atom. The van der Waals surface area contributed by atoms with Crippen molar-refractivity contribution in [1.82, 2.24) is 10.3 Å². The number of carbonyl (C=O) groups excluding carboxylic acids is 1. The number of methoxy groups -OCH3 is 1. The van der Waals surface area contributed by atoms with E-state index in [0.717, 1.165) is 0 Å². The van der Waals surface area contributed by atoms with Crippen molar-refractivity contribution in [3.05, 3.63) is 29.6 Å². The van der Waals surface area contributed by atoms with Crippen molar-refractivity contribution in [3.8, 4) is 0 Å².